The molecule has 0 fully saturated rings. The molecule has 292 valence electrons. The molecule has 0 N–H and O–H groups in total. The van der Waals surface area contributed by atoms with Crippen LogP contribution in [0, 0.1) is 0 Å². The van der Waals surface area contributed by atoms with E-state index in [1.165, 1.54) is 11.0 Å². The molecule has 0 radical (unpaired) electrons. The average Bonchev–Trinajstić information content (AvgIpc) is 4.19. The highest BCUT2D eigenvalue weighted by molar-refractivity contribution is 7.20. The molecular formula is C50H35N7OS2Si. The summed E-state index contributed by atoms with van der Waals surface area (Å²) >= 11 is 2.10. The zero-order valence-electron chi connectivity index (χ0n) is 36.3. The maximum Gasteiger partial charge on any atom is 0.220 e. The van der Waals surface area contributed by atoms with E-state index in [1.54, 1.807) is 18.2 Å². The third kappa shape index (κ3) is 5.51. The monoisotopic (exact) mass is 845 g/mol. The molecule has 4 aromatic heterocycles. The summed E-state index contributed by atoms with van der Waals surface area (Å²) < 4.78 is 52.8. The van der Waals surface area contributed by atoms with E-state index in [-0.39, 0.29) is 10.0 Å². The largest absolute Gasteiger partial charge is 0.457 e. The van der Waals surface area contributed by atoms with E-state index in [4.69, 9.17) is 9.72 Å². The Balaban J connectivity index is 1.22. The van der Waals surface area contributed by atoms with Gasteiger partial charge in [0.2, 0.25) is 5.78 Å². The molecule has 0 saturated carbocycles. The molecule has 7 aromatic carbocycles. The van der Waals surface area contributed by atoms with Crippen LogP contribution in [-0.2, 0) is 18.2 Å². The van der Waals surface area contributed by atoms with Gasteiger partial charge in [-0.05, 0) is 63.2 Å². The van der Waals surface area contributed by atoms with Gasteiger partial charge in [0.25, 0.3) is 0 Å². The van der Waals surface area contributed by atoms with Crippen LogP contribution in [0.4, 0.5) is 0 Å². The topological polar surface area (TPSA) is 83.0 Å². The summed E-state index contributed by atoms with van der Waals surface area (Å²) in [6.45, 7) is 0. The van der Waals surface area contributed by atoms with Gasteiger partial charge in [0.1, 0.15) is 32.5 Å². The minimum absolute atomic E-state index is 0.0261. The predicted octanol–water partition coefficient (Wildman–Crippen LogP) is 8.39. The van der Waals surface area contributed by atoms with E-state index in [0.717, 1.165) is 77.0 Å². The number of rotatable bonds is 9. The van der Waals surface area contributed by atoms with Crippen molar-refractivity contribution in [3.8, 4) is 17.2 Å². The van der Waals surface area contributed by atoms with Gasteiger partial charge in [0, 0.05) is 40.5 Å². The molecule has 0 atom stereocenters. The van der Waals surface area contributed by atoms with E-state index < -0.39 is 26.2 Å². The second kappa shape index (κ2) is 14.3. The molecule has 0 spiro atoms. The van der Waals surface area contributed by atoms with Gasteiger partial charge in [0.15, 0.2) is 8.07 Å². The number of ether oxygens (including phenoxy) is 1. The Morgan fingerprint density at radius 2 is 1.16 bits per heavy atom. The number of imidazole rings is 2. The van der Waals surface area contributed by atoms with Crippen molar-refractivity contribution in [3.63, 3.8) is 0 Å². The average molecular weight is 846 g/mol. The van der Waals surface area contributed by atoms with Gasteiger partial charge in [-0.1, -0.05) is 133 Å². The standard InChI is InChI=1S/C50H35N7OS2Si/c1-3-16-35(17-4-1)61(36-18-5-2-6-19-36,37-20-13-15-34(29-37)56-42-25-10-11-26-43(42)57-41-24-9-8-23-40(41)53-49(56)57)45-28-14-22-39-48(45)58-44-27-12-7-21-38(44)50(39,30-46-54-51-32-59-46)31-47-55-52-33-60-47/h1-29,32-33H,30-31H2/i30D2,31D2. The first kappa shape index (κ1) is 31.8. The highest BCUT2D eigenvalue weighted by Crippen LogP contribution is 2.51. The molecule has 0 unspecified atom stereocenters. The van der Waals surface area contributed by atoms with Crippen LogP contribution in [0.25, 0.3) is 33.5 Å². The molecule has 8 nitrogen and oxygen atoms in total. The summed E-state index contributed by atoms with van der Waals surface area (Å²) in [5.41, 5.74) is 6.37. The van der Waals surface area contributed by atoms with Crippen LogP contribution in [0.2, 0.25) is 0 Å². The Morgan fingerprint density at radius 1 is 0.574 bits per heavy atom. The minimum Gasteiger partial charge on any atom is -0.457 e. The number of para-hydroxylation sites is 6. The van der Waals surface area contributed by atoms with Crippen LogP contribution in [0.1, 0.15) is 26.6 Å². The fourth-order valence-corrected chi connectivity index (χ4v) is 15.2. The molecule has 61 heavy (non-hydrogen) atoms. The van der Waals surface area contributed by atoms with Crippen LogP contribution in [0.15, 0.2) is 187 Å². The molecule has 11 aromatic rings. The Morgan fingerprint density at radius 3 is 1.87 bits per heavy atom. The summed E-state index contributed by atoms with van der Waals surface area (Å²) in [5, 5.41) is 20.8. The van der Waals surface area contributed by atoms with Crippen molar-refractivity contribution >= 4 is 79.3 Å². The van der Waals surface area contributed by atoms with Crippen molar-refractivity contribution in [2.75, 3.05) is 0 Å². The van der Waals surface area contributed by atoms with Gasteiger partial charge in [-0.3, -0.25) is 8.97 Å². The van der Waals surface area contributed by atoms with E-state index >= 15 is 0 Å². The fraction of sp³-hybridized carbons (Fsp3) is 0.0600. The van der Waals surface area contributed by atoms with Crippen molar-refractivity contribution in [1.82, 2.24) is 34.3 Å². The molecule has 0 saturated heterocycles. The van der Waals surface area contributed by atoms with Crippen molar-refractivity contribution in [3.05, 3.63) is 208 Å². The summed E-state index contributed by atoms with van der Waals surface area (Å²) in [6.07, 6.45) is -5.01. The molecule has 5 heterocycles. The van der Waals surface area contributed by atoms with Crippen molar-refractivity contribution in [2.45, 2.75) is 18.2 Å². The summed E-state index contributed by atoms with van der Waals surface area (Å²) in [5.74, 6) is 1.50. The molecule has 1 aliphatic rings. The Labute approximate surface area is 365 Å². The van der Waals surface area contributed by atoms with Gasteiger partial charge in [0.05, 0.1) is 22.1 Å². The van der Waals surface area contributed by atoms with Gasteiger partial charge < -0.3 is 4.74 Å². The fourth-order valence-electron chi connectivity index (χ4n) is 9.26. The minimum atomic E-state index is -3.59. The van der Waals surface area contributed by atoms with Crippen LogP contribution in [0.5, 0.6) is 11.5 Å². The second-order valence-electron chi connectivity index (χ2n) is 14.9. The Hall–Kier alpha value is -7.05. The van der Waals surface area contributed by atoms with E-state index in [9.17, 15) is 5.48 Å². The Bertz CT molecular complexity index is 3480. The van der Waals surface area contributed by atoms with E-state index in [0.29, 0.717) is 22.6 Å². The summed E-state index contributed by atoms with van der Waals surface area (Å²) in [4.78, 5) is 5.21. The lowest BCUT2D eigenvalue weighted by atomic mass is 9.68. The SMILES string of the molecule is [2H]C([2H])(c1nncs1)C1(C([2H])([2H])c2nncs2)c2ccccc2Oc2c1cccc2[Si](c1ccccc1)(c1ccccc1)c1cccc(-n2c3ccccc3n3c4ccccc4nc23)c1. The zero-order chi connectivity index (χ0) is 44.0. The van der Waals surface area contributed by atoms with Gasteiger partial charge in [-0.2, -0.15) is 0 Å². The highest BCUT2D eigenvalue weighted by atomic mass is 32.1. The first-order valence-electron chi connectivity index (χ1n) is 21.8. The third-order valence-electron chi connectivity index (χ3n) is 11.7. The molecule has 12 rings (SSSR count). The number of fused-ring (bicyclic) bond motifs is 7. The highest BCUT2D eigenvalue weighted by Gasteiger charge is 2.50. The maximum atomic E-state index is 10.3. The van der Waals surface area contributed by atoms with Crippen LogP contribution < -0.4 is 25.5 Å². The quantitative estimate of drug-likeness (QED) is 0.107. The Kier molecular flexibility index (Phi) is 7.46. The van der Waals surface area contributed by atoms with Crippen molar-refractivity contribution < 1.29 is 10.2 Å². The number of hydrogen-bond acceptors (Lipinski definition) is 8. The van der Waals surface area contributed by atoms with Gasteiger partial charge >= 0.3 is 0 Å². The lowest BCUT2D eigenvalue weighted by Gasteiger charge is -2.43. The van der Waals surface area contributed by atoms with Crippen molar-refractivity contribution in [2.24, 2.45) is 0 Å². The van der Waals surface area contributed by atoms with Crippen LogP contribution in [-0.4, -0.2) is 42.4 Å². The lowest BCUT2D eigenvalue weighted by Crippen LogP contribution is -2.75. The van der Waals surface area contributed by atoms with E-state index in [2.05, 4.69) is 139 Å². The molecule has 1 aliphatic heterocycles. The van der Waals surface area contributed by atoms with E-state index in [1.807, 2.05) is 48.5 Å². The molecule has 0 aliphatic carbocycles. The molecule has 0 bridgehead atoms. The first-order valence-corrected chi connectivity index (χ1v) is 23.6. The van der Waals surface area contributed by atoms with Crippen LogP contribution in [0.3, 0.4) is 0 Å². The van der Waals surface area contributed by atoms with Crippen molar-refractivity contribution in [1.29, 1.82) is 0 Å². The second-order valence-corrected chi connectivity index (χ2v) is 20.3. The first-order chi connectivity index (χ1) is 31.8. The predicted molar refractivity (Wildman–Crippen MR) is 248 cm³/mol. The molecule has 0 amide bonds. The number of hydrogen-bond donors (Lipinski definition) is 0. The molecular weight excluding hydrogens is 807 g/mol. The number of nitrogens with zero attached hydrogens (tertiary/aromatic N) is 7. The zero-order valence-corrected chi connectivity index (χ0v) is 34.9. The van der Waals surface area contributed by atoms with Gasteiger partial charge in [-0.15, -0.1) is 43.1 Å². The smallest absolute Gasteiger partial charge is 0.220 e. The summed E-state index contributed by atoms with van der Waals surface area (Å²) in [7, 11) is -3.59. The molecule has 11 heteroatoms. The maximum absolute atomic E-state index is 10.3. The third-order valence-corrected chi connectivity index (χ3v) is 17.7. The number of benzene rings is 7. The van der Waals surface area contributed by atoms with Gasteiger partial charge in [-0.25, -0.2) is 4.98 Å². The lowest BCUT2D eigenvalue weighted by molar-refractivity contribution is 0.386. The van der Waals surface area contributed by atoms with Crippen LogP contribution >= 0.6 is 22.7 Å². The normalized spacial score (nSPS) is 14.8. The summed E-state index contributed by atoms with van der Waals surface area (Å²) in [6, 6.07) is 59.1. The number of aromatic nitrogens is 7.